The molecule has 0 spiro atoms. The number of ether oxygens (including phenoxy) is 2. The van der Waals surface area contributed by atoms with Crippen molar-refractivity contribution in [3.05, 3.63) is 0 Å². The average Bonchev–Trinajstić information content (AvgIpc) is 3.28. The fourth-order valence-corrected chi connectivity index (χ4v) is 5.94. The number of aliphatic hydroxyl groups excluding tert-OH is 1. The molecular formula is C19H30O4. The number of fused-ring (bicyclic) bond motifs is 4. The molecule has 2 aliphatic heterocycles. The Kier molecular flexibility index (Phi) is 4.17. The summed E-state index contributed by atoms with van der Waals surface area (Å²) in [6.07, 6.45) is 5.96. The van der Waals surface area contributed by atoms with Gasteiger partial charge in [0.1, 0.15) is 0 Å². The summed E-state index contributed by atoms with van der Waals surface area (Å²) in [4.78, 5) is 12.1. The Bertz CT molecular complexity index is 462. The third kappa shape index (κ3) is 2.82. The van der Waals surface area contributed by atoms with Crippen molar-refractivity contribution in [1.29, 1.82) is 0 Å². The van der Waals surface area contributed by atoms with Gasteiger partial charge in [0.25, 0.3) is 0 Å². The zero-order chi connectivity index (χ0) is 16.1. The molecule has 4 rings (SSSR count). The molecule has 9 unspecified atom stereocenters. The maximum atomic E-state index is 12.1. The monoisotopic (exact) mass is 322 g/mol. The lowest BCUT2D eigenvalue weighted by Crippen LogP contribution is -2.34. The molecule has 2 saturated heterocycles. The largest absolute Gasteiger partial charge is 0.465 e. The molecule has 2 saturated carbocycles. The minimum absolute atomic E-state index is 0.163. The number of carbonyl (C=O) groups excluding carboxylic acids is 1. The zero-order valence-corrected chi connectivity index (χ0v) is 14.3. The van der Waals surface area contributed by atoms with Gasteiger partial charge in [-0.3, -0.25) is 4.79 Å². The van der Waals surface area contributed by atoms with Crippen molar-refractivity contribution in [3.8, 4) is 0 Å². The fraction of sp³-hybridized carbons (Fsp3) is 0.947. The van der Waals surface area contributed by atoms with Crippen LogP contribution in [0.2, 0.25) is 0 Å². The first kappa shape index (κ1) is 15.9. The van der Waals surface area contributed by atoms with E-state index in [-0.39, 0.29) is 12.4 Å². The van der Waals surface area contributed by atoms with Crippen molar-refractivity contribution in [2.75, 3.05) is 6.61 Å². The van der Waals surface area contributed by atoms with Gasteiger partial charge in [-0.1, -0.05) is 13.8 Å². The normalized spacial score (nSPS) is 48.8. The van der Waals surface area contributed by atoms with Crippen LogP contribution in [0.4, 0.5) is 0 Å². The van der Waals surface area contributed by atoms with Crippen LogP contribution in [-0.4, -0.2) is 36.0 Å². The molecule has 0 aromatic rings. The van der Waals surface area contributed by atoms with Crippen LogP contribution in [-0.2, 0) is 14.3 Å². The summed E-state index contributed by atoms with van der Waals surface area (Å²) in [5.41, 5.74) is 0. The topological polar surface area (TPSA) is 55.8 Å². The summed E-state index contributed by atoms with van der Waals surface area (Å²) in [5.74, 6) is 3.23. The van der Waals surface area contributed by atoms with Gasteiger partial charge in [0.05, 0.1) is 31.3 Å². The molecule has 4 heteroatoms. The quantitative estimate of drug-likeness (QED) is 0.791. The second kappa shape index (κ2) is 6.03. The lowest BCUT2D eigenvalue weighted by molar-refractivity contribution is -0.149. The lowest BCUT2D eigenvalue weighted by Gasteiger charge is -2.34. The number of rotatable bonds is 5. The highest BCUT2D eigenvalue weighted by Crippen LogP contribution is 2.56. The highest BCUT2D eigenvalue weighted by molar-refractivity contribution is 5.70. The third-order valence-corrected chi connectivity index (χ3v) is 7.51. The minimum Gasteiger partial charge on any atom is -0.465 e. The van der Waals surface area contributed by atoms with Crippen LogP contribution in [0.5, 0.6) is 0 Å². The number of esters is 1. The Labute approximate surface area is 138 Å². The van der Waals surface area contributed by atoms with Gasteiger partial charge in [-0.2, -0.15) is 0 Å². The van der Waals surface area contributed by atoms with Crippen LogP contribution in [0, 0.1) is 35.5 Å². The van der Waals surface area contributed by atoms with E-state index in [0.29, 0.717) is 42.5 Å². The average molecular weight is 322 g/mol. The number of carbonyl (C=O) groups is 1. The summed E-state index contributed by atoms with van der Waals surface area (Å²) in [7, 11) is 0. The van der Waals surface area contributed by atoms with Gasteiger partial charge in [-0.15, -0.1) is 0 Å². The van der Waals surface area contributed by atoms with E-state index < -0.39 is 6.10 Å². The van der Waals surface area contributed by atoms with Crippen molar-refractivity contribution in [1.82, 2.24) is 0 Å². The molecule has 4 fully saturated rings. The van der Waals surface area contributed by atoms with E-state index in [4.69, 9.17) is 9.47 Å². The minimum atomic E-state index is -0.524. The molecule has 23 heavy (non-hydrogen) atoms. The van der Waals surface area contributed by atoms with Crippen LogP contribution < -0.4 is 0 Å². The molecule has 4 bridgehead atoms. The molecule has 2 heterocycles. The Morgan fingerprint density at radius 1 is 1.22 bits per heavy atom. The number of hydrogen-bond donors (Lipinski definition) is 1. The van der Waals surface area contributed by atoms with Gasteiger partial charge in [0.2, 0.25) is 0 Å². The van der Waals surface area contributed by atoms with Gasteiger partial charge in [0.15, 0.2) is 0 Å². The molecule has 0 aromatic heterocycles. The molecule has 0 radical (unpaired) electrons. The molecule has 130 valence electrons. The van der Waals surface area contributed by atoms with E-state index >= 15 is 0 Å². The van der Waals surface area contributed by atoms with Crippen LogP contribution in [0.25, 0.3) is 0 Å². The molecular weight excluding hydrogens is 292 g/mol. The van der Waals surface area contributed by atoms with E-state index in [1.165, 1.54) is 6.42 Å². The number of hydrogen-bond acceptors (Lipinski definition) is 4. The van der Waals surface area contributed by atoms with Crippen molar-refractivity contribution in [2.45, 2.75) is 70.7 Å². The van der Waals surface area contributed by atoms with Crippen molar-refractivity contribution in [2.24, 2.45) is 35.5 Å². The third-order valence-electron chi connectivity index (χ3n) is 7.51. The Morgan fingerprint density at radius 2 is 2.04 bits per heavy atom. The maximum absolute atomic E-state index is 12.1. The molecule has 4 nitrogen and oxygen atoms in total. The van der Waals surface area contributed by atoms with Crippen molar-refractivity contribution >= 4 is 5.97 Å². The first-order valence-corrected chi connectivity index (χ1v) is 9.52. The van der Waals surface area contributed by atoms with Gasteiger partial charge in [-0.05, 0) is 61.7 Å². The first-order chi connectivity index (χ1) is 11.0. The highest BCUT2D eigenvalue weighted by Gasteiger charge is 2.51. The van der Waals surface area contributed by atoms with Crippen LogP contribution in [0.15, 0.2) is 0 Å². The van der Waals surface area contributed by atoms with E-state index in [1.807, 2.05) is 0 Å². The standard InChI is InChI=1S/C19H30O4/c1-10-11(2)15-6-12(10)7-16(15)17(20)8-19(21)22-9-13-5-14-3-4-18(13)23-14/h10-18,20H,3-9H2,1-2H3. The first-order valence-electron chi connectivity index (χ1n) is 9.52. The van der Waals surface area contributed by atoms with Crippen LogP contribution >= 0.6 is 0 Å². The van der Waals surface area contributed by atoms with Gasteiger partial charge < -0.3 is 14.6 Å². The Morgan fingerprint density at radius 3 is 2.65 bits per heavy atom. The predicted octanol–water partition coefficient (Wildman–Crippen LogP) is 2.78. The zero-order valence-electron chi connectivity index (χ0n) is 14.3. The fourth-order valence-electron chi connectivity index (χ4n) is 5.94. The summed E-state index contributed by atoms with van der Waals surface area (Å²) in [5, 5.41) is 10.5. The van der Waals surface area contributed by atoms with E-state index in [2.05, 4.69) is 13.8 Å². The van der Waals surface area contributed by atoms with E-state index in [1.54, 1.807) is 0 Å². The molecule has 0 aromatic carbocycles. The summed E-state index contributed by atoms with van der Waals surface area (Å²) in [6, 6.07) is 0. The second-order valence-electron chi connectivity index (χ2n) is 8.60. The van der Waals surface area contributed by atoms with E-state index in [0.717, 1.165) is 37.5 Å². The van der Waals surface area contributed by atoms with Crippen molar-refractivity contribution in [3.63, 3.8) is 0 Å². The van der Waals surface area contributed by atoms with Crippen LogP contribution in [0.3, 0.4) is 0 Å². The Hall–Kier alpha value is -0.610. The van der Waals surface area contributed by atoms with Gasteiger partial charge in [0, 0.05) is 5.92 Å². The molecule has 0 amide bonds. The molecule has 2 aliphatic carbocycles. The SMILES string of the molecule is CC1C2CC(C(O)CC(=O)OCC3CC4CCC3O4)C(C2)C1C. The molecule has 4 aliphatic rings. The summed E-state index contributed by atoms with van der Waals surface area (Å²) >= 11 is 0. The molecule has 1 N–H and O–H groups in total. The Balaban J connectivity index is 1.23. The highest BCUT2D eigenvalue weighted by atomic mass is 16.5. The van der Waals surface area contributed by atoms with Gasteiger partial charge in [-0.25, -0.2) is 0 Å². The second-order valence-corrected chi connectivity index (χ2v) is 8.60. The predicted molar refractivity (Wildman–Crippen MR) is 85.6 cm³/mol. The van der Waals surface area contributed by atoms with Crippen molar-refractivity contribution < 1.29 is 19.4 Å². The smallest absolute Gasteiger partial charge is 0.308 e. The number of aliphatic hydroxyl groups is 1. The summed E-state index contributed by atoms with van der Waals surface area (Å²) < 4.78 is 11.3. The van der Waals surface area contributed by atoms with Gasteiger partial charge >= 0.3 is 5.97 Å². The lowest BCUT2D eigenvalue weighted by atomic mass is 9.73. The summed E-state index contributed by atoms with van der Waals surface area (Å²) in [6.45, 7) is 5.11. The van der Waals surface area contributed by atoms with Crippen LogP contribution in [0.1, 0.15) is 52.4 Å². The maximum Gasteiger partial charge on any atom is 0.308 e. The van der Waals surface area contributed by atoms with E-state index in [9.17, 15) is 9.90 Å². The molecule has 9 atom stereocenters.